The molecule has 0 aromatic carbocycles. The van der Waals surface area contributed by atoms with E-state index in [1.54, 1.807) is 0 Å². The monoisotopic (exact) mass is 143 g/mol. The minimum atomic E-state index is 0.162. The summed E-state index contributed by atoms with van der Waals surface area (Å²) in [5.41, 5.74) is 6.01. The van der Waals surface area contributed by atoms with E-state index in [2.05, 4.69) is 13.8 Å². The zero-order valence-electron chi connectivity index (χ0n) is 6.89. The van der Waals surface area contributed by atoms with Crippen molar-refractivity contribution in [1.29, 1.82) is 0 Å². The lowest BCUT2D eigenvalue weighted by Gasteiger charge is -2.10. The van der Waals surface area contributed by atoms with Gasteiger partial charge in [-0.25, -0.2) is 0 Å². The number of hydrogen-bond acceptors (Lipinski definition) is 2. The third kappa shape index (κ3) is 2.67. The largest absolute Gasteiger partial charge is 0.379 e. The van der Waals surface area contributed by atoms with Gasteiger partial charge in [-0.15, -0.1) is 0 Å². The van der Waals surface area contributed by atoms with Gasteiger partial charge in [0.05, 0.1) is 6.10 Å². The highest BCUT2D eigenvalue weighted by Gasteiger charge is 2.37. The molecule has 0 aromatic heterocycles. The Kier molecular flexibility index (Phi) is 2.32. The lowest BCUT2D eigenvalue weighted by Crippen LogP contribution is -2.24. The highest BCUT2D eigenvalue weighted by molar-refractivity contribution is 4.98. The van der Waals surface area contributed by atoms with E-state index in [0.29, 0.717) is 6.10 Å². The van der Waals surface area contributed by atoms with E-state index in [4.69, 9.17) is 10.5 Å². The Morgan fingerprint density at radius 2 is 2.10 bits per heavy atom. The minimum absolute atomic E-state index is 0.162. The molecule has 1 aliphatic rings. The number of rotatable bonds is 4. The molecule has 10 heavy (non-hydrogen) atoms. The van der Waals surface area contributed by atoms with E-state index >= 15 is 0 Å². The summed E-state index contributed by atoms with van der Waals surface area (Å²) in [4.78, 5) is 0. The smallest absolute Gasteiger partial charge is 0.0518 e. The molecule has 0 spiro atoms. The Hall–Kier alpha value is -0.0800. The van der Waals surface area contributed by atoms with Crippen molar-refractivity contribution < 1.29 is 4.74 Å². The van der Waals surface area contributed by atoms with Crippen LogP contribution in [0.25, 0.3) is 0 Å². The highest BCUT2D eigenvalue weighted by atomic mass is 16.5. The fraction of sp³-hybridized carbons (Fsp3) is 1.00. The topological polar surface area (TPSA) is 35.2 Å². The SMILES string of the molecule is CC(C)OCCC1(N)CC1. The molecule has 1 aliphatic carbocycles. The molecule has 0 radical (unpaired) electrons. The van der Waals surface area contributed by atoms with E-state index < -0.39 is 0 Å². The molecule has 0 amide bonds. The van der Waals surface area contributed by atoms with Gasteiger partial charge >= 0.3 is 0 Å². The zero-order valence-corrected chi connectivity index (χ0v) is 6.89. The predicted octanol–water partition coefficient (Wildman–Crippen LogP) is 1.29. The highest BCUT2D eigenvalue weighted by Crippen LogP contribution is 2.35. The molecule has 0 unspecified atom stereocenters. The summed E-state index contributed by atoms with van der Waals surface area (Å²) < 4.78 is 5.38. The van der Waals surface area contributed by atoms with Crippen LogP contribution in [0.3, 0.4) is 0 Å². The van der Waals surface area contributed by atoms with Crippen LogP contribution in [-0.4, -0.2) is 18.2 Å². The van der Waals surface area contributed by atoms with Crippen molar-refractivity contribution >= 4 is 0 Å². The van der Waals surface area contributed by atoms with Crippen LogP contribution in [0.15, 0.2) is 0 Å². The van der Waals surface area contributed by atoms with Gasteiger partial charge in [0.2, 0.25) is 0 Å². The van der Waals surface area contributed by atoms with Gasteiger partial charge in [-0.3, -0.25) is 0 Å². The maximum Gasteiger partial charge on any atom is 0.0518 e. The van der Waals surface area contributed by atoms with Crippen molar-refractivity contribution in [1.82, 2.24) is 0 Å². The fourth-order valence-corrected chi connectivity index (χ4v) is 0.908. The lowest BCUT2D eigenvalue weighted by atomic mass is 10.2. The van der Waals surface area contributed by atoms with Gasteiger partial charge < -0.3 is 10.5 Å². The van der Waals surface area contributed by atoms with E-state index in [1.165, 1.54) is 12.8 Å². The van der Waals surface area contributed by atoms with Crippen molar-refractivity contribution in [2.24, 2.45) is 5.73 Å². The standard InChI is InChI=1S/C8H17NO/c1-7(2)10-6-5-8(9)3-4-8/h7H,3-6,9H2,1-2H3. The molecule has 0 aliphatic heterocycles. The first-order valence-electron chi connectivity index (χ1n) is 4.03. The predicted molar refractivity (Wildman–Crippen MR) is 41.9 cm³/mol. The summed E-state index contributed by atoms with van der Waals surface area (Å²) in [7, 11) is 0. The van der Waals surface area contributed by atoms with Gasteiger partial charge in [0, 0.05) is 12.1 Å². The molecular formula is C8H17NO. The molecule has 0 bridgehead atoms. The summed E-state index contributed by atoms with van der Waals surface area (Å²) in [6.45, 7) is 4.93. The average molecular weight is 143 g/mol. The van der Waals surface area contributed by atoms with Crippen molar-refractivity contribution in [2.45, 2.75) is 44.8 Å². The van der Waals surface area contributed by atoms with Crippen molar-refractivity contribution in [3.63, 3.8) is 0 Å². The Morgan fingerprint density at radius 3 is 2.50 bits per heavy atom. The first-order chi connectivity index (χ1) is 4.62. The van der Waals surface area contributed by atoms with E-state index in [-0.39, 0.29) is 5.54 Å². The van der Waals surface area contributed by atoms with Gasteiger partial charge in [0.25, 0.3) is 0 Å². The average Bonchev–Trinajstić information content (AvgIpc) is 2.47. The number of nitrogens with two attached hydrogens (primary N) is 1. The first kappa shape index (κ1) is 8.02. The Balaban J connectivity index is 1.95. The van der Waals surface area contributed by atoms with Crippen LogP contribution >= 0.6 is 0 Å². The molecule has 2 nitrogen and oxygen atoms in total. The van der Waals surface area contributed by atoms with E-state index in [0.717, 1.165) is 13.0 Å². The second-order valence-corrected chi connectivity index (χ2v) is 3.53. The summed E-state index contributed by atoms with van der Waals surface area (Å²) >= 11 is 0. The van der Waals surface area contributed by atoms with Gasteiger partial charge in [-0.1, -0.05) is 0 Å². The number of ether oxygens (including phenoxy) is 1. The Morgan fingerprint density at radius 1 is 1.50 bits per heavy atom. The zero-order chi connectivity index (χ0) is 7.61. The Labute approximate surface area is 62.7 Å². The van der Waals surface area contributed by atoms with E-state index in [9.17, 15) is 0 Å². The third-order valence-electron chi connectivity index (χ3n) is 1.94. The Bertz CT molecular complexity index is 108. The molecular weight excluding hydrogens is 126 g/mol. The molecule has 0 heterocycles. The van der Waals surface area contributed by atoms with Crippen LogP contribution in [0, 0.1) is 0 Å². The van der Waals surface area contributed by atoms with Crippen LogP contribution in [-0.2, 0) is 4.74 Å². The fourth-order valence-electron chi connectivity index (χ4n) is 0.908. The van der Waals surface area contributed by atoms with Crippen molar-refractivity contribution in [3.8, 4) is 0 Å². The van der Waals surface area contributed by atoms with Crippen molar-refractivity contribution in [2.75, 3.05) is 6.61 Å². The summed E-state index contributed by atoms with van der Waals surface area (Å²) in [5, 5.41) is 0. The number of hydrogen-bond donors (Lipinski definition) is 1. The second-order valence-electron chi connectivity index (χ2n) is 3.53. The molecule has 1 rings (SSSR count). The maximum absolute atomic E-state index is 5.85. The van der Waals surface area contributed by atoms with Gasteiger partial charge in [-0.2, -0.15) is 0 Å². The minimum Gasteiger partial charge on any atom is -0.379 e. The van der Waals surface area contributed by atoms with Gasteiger partial charge in [-0.05, 0) is 33.1 Å². The lowest BCUT2D eigenvalue weighted by molar-refractivity contribution is 0.0723. The molecule has 60 valence electrons. The molecule has 1 fully saturated rings. The van der Waals surface area contributed by atoms with Crippen LogP contribution in [0.1, 0.15) is 33.1 Å². The van der Waals surface area contributed by atoms with Gasteiger partial charge in [0.1, 0.15) is 0 Å². The van der Waals surface area contributed by atoms with Crippen LogP contribution in [0.4, 0.5) is 0 Å². The van der Waals surface area contributed by atoms with E-state index in [1.807, 2.05) is 0 Å². The van der Waals surface area contributed by atoms with Crippen molar-refractivity contribution in [3.05, 3.63) is 0 Å². The molecule has 0 saturated heterocycles. The summed E-state index contributed by atoms with van der Waals surface area (Å²) in [5.74, 6) is 0. The van der Waals surface area contributed by atoms with Gasteiger partial charge in [0.15, 0.2) is 0 Å². The molecule has 1 saturated carbocycles. The molecule has 0 atom stereocenters. The quantitative estimate of drug-likeness (QED) is 0.643. The maximum atomic E-state index is 5.85. The normalized spacial score (nSPS) is 21.6. The summed E-state index contributed by atoms with van der Waals surface area (Å²) in [6.07, 6.45) is 3.76. The summed E-state index contributed by atoms with van der Waals surface area (Å²) in [6, 6.07) is 0. The molecule has 2 heteroatoms. The third-order valence-corrected chi connectivity index (χ3v) is 1.94. The van der Waals surface area contributed by atoms with Crippen LogP contribution in [0.2, 0.25) is 0 Å². The molecule has 2 N–H and O–H groups in total. The first-order valence-corrected chi connectivity index (χ1v) is 4.03. The van der Waals surface area contributed by atoms with Crippen LogP contribution < -0.4 is 5.73 Å². The second kappa shape index (κ2) is 2.89. The van der Waals surface area contributed by atoms with Crippen LogP contribution in [0.5, 0.6) is 0 Å². The molecule has 0 aromatic rings.